The van der Waals surface area contributed by atoms with Gasteiger partial charge in [-0.05, 0) is 39.5 Å². The number of hydrogen-bond acceptors (Lipinski definition) is 3. The van der Waals surface area contributed by atoms with Gasteiger partial charge in [-0.25, -0.2) is 0 Å². The summed E-state index contributed by atoms with van der Waals surface area (Å²) in [5, 5.41) is 0. The molecule has 0 spiro atoms. The van der Waals surface area contributed by atoms with Crippen molar-refractivity contribution in [2.75, 3.05) is 20.6 Å². The van der Waals surface area contributed by atoms with Gasteiger partial charge < -0.3 is 9.96 Å². The Morgan fingerprint density at radius 2 is 1.62 bits per heavy atom. The summed E-state index contributed by atoms with van der Waals surface area (Å²) in [7, 11) is 2.64. The third kappa shape index (κ3) is 2.86. The van der Waals surface area contributed by atoms with Gasteiger partial charge in [-0.2, -0.15) is 0 Å². The summed E-state index contributed by atoms with van der Waals surface area (Å²) in [5.41, 5.74) is 0. The normalized spacial score (nSPS) is 19.3. The molecule has 2 N–H and O–H groups in total. The quantitative estimate of drug-likeness (QED) is 0.699. The Kier molecular flexibility index (Phi) is 5.96. The summed E-state index contributed by atoms with van der Waals surface area (Å²) >= 11 is 0. The predicted octanol–water partition coefficient (Wildman–Crippen LogP) is 2.04. The average Bonchev–Trinajstić information content (AvgIpc) is 2.37. The fourth-order valence-corrected chi connectivity index (χ4v) is 6.56. The van der Waals surface area contributed by atoms with Crippen molar-refractivity contribution in [1.82, 2.24) is 14.5 Å². The van der Waals surface area contributed by atoms with E-state index in [1.165, 1.54) is 44.7 Å². The third-order valence-corrected chi connectivity index (χ3v) is 8.52. The molecule has 96 valence electrons. The highest BCUT2D eigenvalue weighted by molar-refractivity contribution is 6.72. The Bertz CT molecular complexity index is 180. The molecule has 0 aliphatic heterocycles. The van der Waals surface area contributed by atoms with Gasteiger partial charge in [-0.15, -0.1) is 0 Å². The van der Waals surface area contributed by atoms with Gasteiger partial charge in [-0.1, -0.05) is 33.1 Å². The second kappa shape index (κ2) is 6.74. The summed E-state index contributed by atoms with van der Waals surface area (Å²) in [4.78, 5) is 7.23. The maximum Gasteiger partial charge on any atom is 0.283 e. The van der Waals surface area contributed by atoms with E-state index in [4.69, 9.17) is 0 Å². The topological polar surface area (TPSA) is 27.3 Å². The predicted molar refractivity (Wildman–Crippen MR) is 73.6 cm³/mol. The van der Waals surface area contributed by atoms with Crippen molar-refractivity contribution in [2.45, 2.75) is 58.0 Å². The Labute approximate surface area is 102 Å². The lowest BCUT2D eigenvalue weighted by molar-refractivity contribution is 0.243. The molecule has 0 aromatic heterocycles. The number of rotatable bonds is 6. The first kappa shape index (κ1) is 14.2. The summed E-state index contributed by atoms with van der Waals surface area (Å²) < 4.78 is 2.76. The highest BCUT2D eigenvalue weighted by Gasteiger charge is 2.39. The number of hydrogen-bond donors (Lipinski definition) is 2. The Hall–Kier alpha value is 0.0969. The maximum atomic E-state index is 3.62. The molecule has 0 amide bonds. The van der Waals surface area contributed by atoms with Gasteiger partial charge in [0.15, 0.2) is 0 Å². The minimum absolute atomic E-state index is 0.810. The van der Waals surface area contributed by atoms with Crippen LogP contribution in [-0.4, -0.2) is 39.8 Å². The van der Waals surface area contributed by atoms with Crippen molar-refractivity contribution in [3.05, 3.63) is 0 Å². The molecule has 0 unspecified atom stereocenters. The minimum atomic E-state index is -1.60. The molecule has 1 saturated carbocycles. The van der Waals surface area contributed by atoms with Crippen LogP contribution in [0.5, 0.6) is 0 Å². The van der Waals surface area contributed by atoms with Crippen LogP contribution >= 0.6 is 0 Å². The van der Waals surface area contributed by atoms with Crippen molar-refractivity contribution in [1.29, 1.82) is 0 Å². The molecule has 0 heterocycles. The molecule has 0 aromatic rings. The lowest BCUT2D eigenvalue weighted by Gasteiger charge is -2.45. The van der Waals surface area contributed by atoms with Crippen molar-refractivity contribution in [3.63, 3.8) is 0 Å². The molecule has 1 aliphatic carbocycles. The summed E-state index contributed by atoms with van der Waals surface area (Å²) in [6, 6.07) is 2.04. The maximum absolute atomic E-state index is 3.62. The zero-order chi connectivity index (χ0) is 12.0. The molecule has 3 nitrogen and oxygen atoms in total. The molecule has 1 rings (SSSR count). The molecule has 0 aromatic carbocycles. The van der Waals surface area contributed by atoms with Crippen LogP contribution in [0, 0.1) is 0 Å². The van der Waals surface area contributed by atoms with Crippen LogP contribution in [0.2, 0.25) is 6.04 Å². The summed E-state index contributed by atoms with van der Waals surface area (Å²) in [6.45, 7) is 5.79. The van der Waals surface area contributed by atoms with Gasteiger partial charge >= 0.3 is 0 Å². The monoisotopic (exact) mass is 243 g/mol. The molecule has 0 radical (unpaired) electrons. The molecule has 16 heavy (non-hydrogen) atoms. The van der Waals surface area contributed by atoms with Gasteiger partial charge in [-0.3, -0.25) is 4.57 Å². The van der Waals surface area contributed by atoms with Gasteiger partial charge in [0, 0.05) is 6.04 Å². The first-order chi connectivity index (χ1) is 7.74. The Balaban J connectivity index is 2.76. The zero-order valence-corrected chi connectivity index (χ0v) is 12.5. The fourth-order valence-electron chi connectivity index (χ4n) is 3.20. The second-order valence-electron chi connectivity index (χ2n) is 4.79. The SMILES string of the molecule is CCN(C1CCCCC1)[Si](CC)(NC)NC. The van der Waals surface area contributed by atoms with E-state index >= 15 is 0 Å². The first-order valence-electron chi connectivity index (χ1n) is 6.88. The third-order valence-electron chi connectivity index (χ3n) is 4.19. The van der Waals surface area contributed by atoms with E-state index < -0.39 is 8.56 Å². The lowest BCUT2D eigenvalue weighted by Crippen LogP contribution is -2.73. The molecule has 0 atom stereocenters. The molecular weight excluding hydrogens is 214 g/mol. The van der Waals surface area contributed by atoms with Crippen LogP contribution in [0.15, 0.2) is 0 Å². The van der Waals surface area contributed by atoms with Gasteiger partial charge in [0.25, 0.3) is 8.56 Å². The molecule has 1 fully saturated rings. The minimum Gasteiger partial charge on any atom is -0.316 e. The smallest absolute Gasteiger partial charge is 0.283 e. The van der Waals surface area contributed by atoms with E-state index in [9.17, 15) is 0 Å². The van der Waals surface area contributed by atoms with Crippen LogP contribution in [0.1, 0.15) is 46.0 Å². The van der Waals surface area contributed by atoms with Crippen LogP contribution in [0.4, 0.5) is 0 Å². The van der Waals surface area contributed by atoms with Crippen molar-refractivity contribution in [2.24, 2.45) is 0 Å². The van der Waals surface area contributed by atoms with Crippen molar-refractivity contribution < 1.29 is 0 Å². The van der Waals surface area contributed by atoms with Gasteiger partial charge in [0.2, 0.25) is 0 Å². The number of nitrogens with zero attached hydrogens (tertiary/aromatic N) is 1. The highest BCUT2D eigenvalue weighted by Crippen LogP contribution is 2.25. The van der Waals surface area contributed by atoms with Crippen LogP contribution in [-0.2, 0) is 0 Å². The van der Waals surface area contributed by atoms with Gasteiger partial charge in [0.1, 0.15) is 0 Å². The summed E-state index contributed by atoms with van der Waals surface area (Å²) in [5.74, 6) is 0. The molecule has 4 heteroatoms. The summed E-state index contributed by atoms with van der Waals surface area (Å²) in [6.07, 6.45) is 7.07. The highest BCUT2D eigenvalue weighted by atomic mass is 28.4. The van der Waals surface area contributed by atoms with E-state index in [1.807, 2.05) is 0 Å². The standard InChI is InChI=1S/C12H29N3Si/c1-5-15(12-10-8-7-9-11-12)16(6-2,13-3)14-4/h12-14H,5-11H2,1-4H3. The van der Waals surface area contributed by atoms with E-state index in [0.29, 0.717) is 0 Å². The van der Waals surface area contributed by atoms with E-state index in [1.54, 1.807) is 0 Å². The first-order valence-corrected chi connectivity index (χ1v) is 9.04. The van der Waals surface area contributed by atoms with Crippen molar-refractivity contribution in [3.8, 4) is 0 Å². The van der Waals surface area contributed by atoms with Crippen LogP contribution in [0.25, 0.3) is 0 Å². The lowest BCUT2D eigenvalue weighted by atomic mass is 9.95. The van der Waals surface area contributed by atoms with Crippen molar-refractivity contribution >= 4 is 8.56 Å². The molecule has 0 saturated heterocycles. The molecule has 0 bridgehead atoms. The molecular formula is C12H29N3Si. The Morgan fingerprint density at radius 1 is 1.06 bits per heavy atom. The zero-order valence-electron chi connectivity index (χ0n) is 11.5. The average molecular weight is 243 g/mol. The number of nitrogens with one attached hydrogen (secondary N) is 2. The largest absolute Gasteiger partial charge is 0.316 e. The fraction of sp³-hybridized carbons (Fsp3) is 1.00. The second-order valence-corrected chi connectivity index (χ2v) is 8.79. The van der Waals surface area contributed by atoms with E-state index in [0.717, 1.165) is 6.04 Å². The molecule has 1 aliphatic rings. The van der Waals surface area contributed by atoms with E-state index in [-0.39, 0.29) is 0 Å². The van der Waals surface area contributed by atoms with E-state index in [2.05, 4.69) is 42.5 Å². The van der Waals surface area contributed by atoms with Crippen LogP contribution in [0.3, 0.4) is 0 Å². The van der Waals surface area contributed by atoms with Gasteiger partial charge in [0.05, 0.1) is 0 Å². The Morgan fingerprint density at radius 3 is 2.00 bits per heavy atom. The van der Waals surface area contributed by atoms with Crippen LogP contribution < -0.4 is 9.96 Å².